The van der Waals surface area contributed by atoms with Gasteiger partial charge in [-0.15, -0.1) is 0 Å². The van der Waals surface area contributed by atoms with Gasteiger partial charge in [0.2, 0.25) is 0 Å². The first-order chi connectivity index (χ1) is 10.8. The summed E-state index contributed by atoms with van der Waals surface area (Å²) in [5.74, 6) is 0.879. The molecule has 0 radical (unpaired) electrons. The van der Waals surface area contributed by atoms with Crippen molar-refractivity contribution >= 4 is 22.6 Å². The fraction of sp³-hybridized carbons (Fsp3) is 0. The summed E-state index contributed by atoms with van der Waals surface area (Å²) in [4.78, 5) is 0. The molecule has 0 aliphatic rings. The van der Waals surface area contributed by atoms with Gasteiger partial charge in [-0.2, -0.15) is 0 Å². The zero-order valence-corrected chi connectivity index (χ0v) is 12.5. The Labute approximate surface area is 133 Å². The minimum Gasteiger partial charge on any atom is -0.455 e. The number of rotatable bonds is 2. The van der Waals surface area contributed by atoms with Crippen LogP contribution >= 0.6 is 11.6 Å². The number of halogens is 1. The van der Waals surface area contributed by atoms with Crippen molar-refractivity contribution in [2.45, 2.75) is 0 Å². The SMILES string of the molecule is Clc1ccc2c(-c3ccccc3)c(-c3ccccc3)oc2c1. The second-order valence-electron chi connectivity index (χ2n) is 5.18. The van der Waals surface area contributed by atoms with Crippen LogP contribution in [0.3, 0.4) is 0 Å². The molecule has 0 unspecified atom stereocenters. The van der Waals surface area contributed by atoms with Gasteiger partial charge in [-0.1, -0.05) is 72.3 Å². The molecule has 3 aromatic carbocycles. The topological polar surface area (TPSA) is 13.1 Å². The summed E-state index contributed by atoms with van der Waals surface area (Å²) < 4.78 is 6.14. The third-order valence-corrected chi connectivity index (χ3v) is 3.99. The van der Waals surface area contributed by atoms with Gasteiger partial charge in [0, 0.05) is 27.6 Å². The molecule has 0 fully saturated rings. The predicted octanol–water partition coefficient (Wildman–Crippen LogP) is 6.42. The maximum absolute atomic E-state index is 6.14. The highest BCUT2D eigenvalue weighted by atomic mass is 35.5. The van der Waals surface area contributed by atoms with Gasteiger partial charge < -0.3 is 4.42 Å². The van der Waals surface area contributed by atoms with Gasteiger partial charge >= 0.3 is 0 Å². The Morgan fingerprint density at radius 1 is 0.682 bits per heavy atom. The Morgan fingerprint density at radius 2 is 1.32 bits per heavy atom. The minimum atomic E-state index is 0.681. The zero-order valence-electron chi connectivity index (χ0n) is 11.8. The Balaban J connectivity index is 2.07. The van der Waals surface area contributed by atoms with E-state index in [4.69, 9.17) is 16.0 Å². The Morgan fingerprint density at radius 3 is 2.00 bits per heavy atom. The van der Waals surface area contributed by atoms with E-state index in [1.54, 1.807) is 0 Å². The molecule has 0 saturated carbocycles. The summed E-state index contributed by atoms with van der Waals surface area (Å²) in [6.45, 7) is 0. The van der Waals surface area contributed by atoms with Crippen LogP contribution in [0.4, 0.5) is 0 Å². The van der Waals surface area contributed by atoms with Crippen LogP contribution in [0, 0.1) is 0 Å². The predicted molar refractivity (Wildman–Crippen MR) is 92.1 cm³/mol. The quantitative estimate of drug-likeness (QED) is 0.416. The molecule has 0 N–H and O–H groups in total. The monoisotopic (exact) mass is 304 g/mol. The van der Waals surface area contributed by atoms with Crippen LogP contribution in [0.1, 0.15) is 0 Å². The number of hydrogen-bond donors (Lipinski definition) is 0. The number of furan rings is 1. The largest absolute Gasteiger partial charge is 0.455 e. The number of benzene rings is 3. The van der Waals surface area contributed by atoms with E-state index >= 15 is 0 Å². The minimum absolute atomic E-state index is 0.681. The fourth-order valence-electron chi connectivity index (χ4n) is 2.75. The van der Waals surface area contributed by atoms with Gasteiger partial charge in [0.1, 0.15) is 11.3 Å². The normalized spacial score (nSPS) is 11.0. The molecular formula is C20H13ClO. The van der Waals surface area contributed by atoms with Crippen LogP contribution in [0.2, 0.25) is 5.02 Å². The van der Waals surface area contributed by atoms with Crippen molar-refractivity contribution in [3.05, 3.63) is 83.9 Å². The second kappa shape index (κ2) is 5.36. The van der Waals surface area contributed by atoms with E-state index in [1.807, 2.05) is 54.6 Å². The van der Waals surface area contributed by atoms with E-state index in [0.29, 0.717) is 5.02 Å². The summed E-state index contributed by atoms with van der Waals surface area (Å²) in [5.41, 5.74) is 4.12. The van der Waals surface area contributed by atoms with Crippen LogP contribution in [0.15, 0.2) is 83.3 Å². The molecule has 0 amide bonds. The average molecular weight is 305 g/mol. The lowest BCUT2D eigenvalue weighted by Gasteiger charge is -2.03. The zero-order chi connectivity index (χ0) is 14.9. The second-order valence-corrected chi connectivity index (χ2v) is 5.62. The molecule has 1 aromatic heterocycles. The van der Waals surface area contributed by atoms with Crippen LogP contribution in [-0.4, -0.2) is 0 Å². The molecule has 0 atom stereocenters. The number of hydrogen-bond acceptors (Lipinski definition) is 1. The molecule has 1 nitrogen and oxygen atoms in total. The Kier molecular flexibility index (Phi) is 3.21. The fourth-order valence-corrected chi connectivity index (χ4v) is 2.92. The first-order valence-electron chi connectivity index (χ1n) is 7.16. The van der Waals surface area contributed by atoms with Crippen molar-refractivity contribution in [3.63, 3.8) is 0 Å². The standard InChI is InChI=1S/C20H13ClO/c21-16-11-12-17-18(13-16)22-20(15-9-5-2-6-10-15)19(17)14-7-3-1-4-8-14/h1-13H. The smallest absolute Gasteiger partial charge is 0.143 e. The Hall–Kier alpha value is -2.51. The molecule has 0 aliphatic carbocycles. The van der Waals surface area contributed by atoms with Crippen molar-refractivity contribution in [2.24, 2.45) is 0 Å². The van der Waals surface area contributed by atoms with Crippen LogP contribution in [0.25, 0.3) is 33.4 Å². The van der Waals surface area contributed by atoms with Crippen molar-refractivity contribution in [1.82, 2.24) is 0 Å². The van der Waals surface area contributed by atoms with Crippen molar-refractivity contribution < 1.29 is 4.42 Å². The van der Waals surface area contributed by atoms with E-state index in [9.17, 15) is 0 Å². The van der Waals surface area contributed by atoms with Crippen molar-refractivity contribution in [3.8, 4) is 22.5 Å². The summed E-state index contributed by atoms with van der Waals surface area (Å²) in [7, 11) is 0. The van der Waals surface area contributed by atoms with Crippen LogP contribution < -0.4 is 0 Å². The lowest BCUT2D eigenvalue weighted by molar-refractivity contribution is 0.632. The lowest BCUT2D eigenvalue weighted by Crippen LogP contribution is -1.80. The van der Waals surface area contributed by atoms with E-state index in [2.05, 4.69) is 24.3 Å². The van der Waals surface area contributed by atoms with Crippen LogP contribution in [-0.2, 0) is 0 Å². The maximum Gasteiger partial charge on any atom is 0.143 e. The molecule has 4 aromatic rings. The van der Waals surface area contributed by atoms with E-state index < -0.39 is 0 Å². The van der Waals surface area contributed by atoms with Gasteiger partial charge in [0.05, 0.1) is 0 Å². The highest BCUT2D eigenvalue weighted by Gasteiger charge is 2.17. The number of fused-ring (bicyclic) bond motifs is 1. The molecule has 22 heavy (non-hydrogen) atoms. The highest BCUT2D eigenvalue weighted by molar-refractivity contribution is 6.31. The first kappa shape index (κ1) is 13.2. The van der Waals surface area contributed by atoms with E-state index in [0.717, 1.165) is 33.4 Å². The van der Waals surface area contributed by atoms with Gasteiger partial charge in [0.25, 0.3) is 0 Å². The molecule has 106 valence electrons. The average Bonchev–Trinajstić information content (AvgIpc) is 2.95. The molecule has 0 bridgehead atoms. The summed E-state index contributed by atoms with van der Waals surface area (Å²) in [6.07, 6.45) is 0. The molecule has 0 spiro atoms. The van der Waals surface area contributed by atoms with E-state index in [-0.39, 0.29) is 0 Å². The van der Waals surface area contributed by atoms with E-state index in [1.165, 1.54) is 0 Å². The van der Waals surface area contributed by atoms with Crippen LogP contribution in [0.5, 0.6) is 0 Å². The molecule has 0 aliphatic heterocycles. The van der Waals surface area contributed by atoms with Crippen molar-refractivity contribution in [1.29, 1.82) is 0 Å². The van der Waals surface area contributed by atoms with Gasteiger partial charge in [-0.3, -0.25) is 0 Å². The summed E-state index contributed by atoms with van der Waals surface area (Å²) >= 11 is 6.11. The lowest BCUT2D eigenvalue weighted by atomic mass is 9.99. The van der Waals surface area contributed by atoms with Gasteiger partial charge in [-0.25, -0.2) is 0 Å². The van der Waals surface area contributed by atoms with Gasteiger partial charge in [0.15, 0.2) is 0 Å². The molecule has 0 saturated heterocycles. The third-order valence-electron chi connectivity index (χ3n) is 3.75. The first-order valence-corrected chi connectivity index (χ1v) is 7.53. The summed E-state index contributed by atoms with van der Waals surface area (Å²) in [6, 6.07) is 26.3. The third kappa shape index (κ3) is 2.20. The van der Waals surface area contributed by atoms with Crippen molar-refractivity contribution in [2.75, 3.05) is 0 Å². The molecule has 4 rings (SSSR count). The van der Waals surface area contributed by atoms with Gasteiger partial charge in [-0.05, 0) is 17.7 Å². The maximum atomic E-state index is 6.14. The summed E-state index contributed by atoms with van der Waals surface area (Å²) in [5, 5.41) is 1.76. The molecular weight excluding hydrogens is 292 g/mol. The highest BCUT2D eigenvalue weighted by Crippen LogP contribution is 2.41. The Bertz CT molecular complexity index is 924. The molecule has 1 heterocycles. The molecule has 2 heteroatoms.